The summed E-state index contributed by atoms with van der Waals surface area (Å²) >= 11 is 6.13. The molecule has 0 bridgehead atoms. The van der Waals surface area contributed by atoms with Crippen molar-refractivity contribution >= 4 is 17.5 Å². The Morgan fingerprint density at radius 2 is 2.00 bits per heavy atom. The number of carbonyl (C=O) groups excluding carboxylic acids is 1. The van der Waals surface area contributed by atoms with Crippen LogP contribution in [0.2, 0.25) is 5.02 Å². The van der Waals surface area contributed by atoms with Crippen molar-refractivity contribution in [1.29, 1.82) is 0 Å². The van der Waals surface area contributed by atoms with Gasteiger partial charge < -0.3 is 5.32 Å². The van der Waals surface area contributed by atoms with Crippen molar-refractivity contribution in [3.63, 3.8) is 0 Å². The second-order valence-electron chi connectivity index (χ2n) is 5.15. The van der Waals surface area contributed by atoms with Crippen LogP contribution >= 0.6 is 11.6 Å². The van der Waals surface area contributed by atoms with Gasteiger partial charge in [0.15, 0.2) is 0 Å². The number of piperidine rings is 1. The molecule has 0 saturated carbocycles. The number of rotatable bonds is 4. The minimum atomic E-state index is -0.0500. The fourth-order valence-corrected chi connectivity index (χ4v) is 2.81. The standard InChI is InChI=1S/C15H21ClN2O/c1-12(13-7-3-4-8-14(13)16)17-15(19)11-18-9-5-2-6-10-18/h3-4,7-8,12H,2,5-6,9-11H2,1H3,(H,17,19)/t12-/m1/s1. The largest absolute Gasteiger partial charge is 0.348 e. The quantitative estimate of drug-likeness (QED) is 0.920. The molecule has 4 heteroatoms. The van der Waals surface area contributed by atoms with Gasteiger partial charge in [0, 0.05) is 5.02 Å². The Morgan fingerprint density at radius 3 is 2.68 bits per heavy atom. The van der Waals surface area contributed by atoms with Crippen LogP contribution in [0.3, 0.4) is 0 Å². The number of nitrogens with one attached hydrogen (secondary N) is 1. The van der Waals surface area contributed by atoms with Gasteiger partial charge in [0.05, 0.1) is 12.6 Å². The molecule has 0 unspecified atom stereocenters. The second-order valence-corrected chi connectivity index (χ2v) is 5.55. The SMILES string of the molecule is C[C@@H](NC(=O)CN1CCCCC1)c1ccccc1Cl. The highest BCUT2D eigenvalue weighted by Crippen LogP contribution is 2.22. The first-order chi connectivity index (χ1) is 9.16. The predicted octanol–water partition coefficient (Wildman–Crippen LogP) is 3.00. The number of hydrogen-bond donors (Lipinski definition) is 1. The van der Waals surface area contributed by atoms with Crippen LogP contribution in [0.15, 0.2) is 24.3 Å². The van der Waals surface area contributed by atoms with Gasteiger partial charge in [-0.05, 0) is 44.5 Å². The van der Waals surface area contributed by atoms with Crippen molar-refractivity contribution < 1.29 is 4.79 Å². The summed E-state index contributed by atoms with van der Waals surface area (Å²) in [5, 5.41) is 3.72. The molecule has 104 valence electrons. The van der Waals surface area contributed by atoms with Gasteiger partial charge in [0.25, 0.3) is 0 Å². The first-order valence-corrected chi connectivity index (χ1v) is 7.31. The number of benzene rings is 1. The van der Waals surface area contributed by atoms with E-state index in [1.54, 1.807) is 0 Å². The van der Waals surface area contributed by atoms with Gasteiger partial charge >= 0.3 is 0 Å². The molecule has 3 nitrogen and oxygen atoms in total. The van der Waals surface area contributed by atoms with Crippen LogP contribution in [0, 0.1) is 0 Å². The van der Waals surface area contributed by atoms with Gasteiger partial charge in [-0.1, -0.05) is 36.2 Å². The molecule has 0 aromatic heterocycles. The number of hydrogen-bond acceptors (Lipinski definition) is 2. The molecule has 1 atom stereocenters. The third-order valence-corrected chi connectivity index (χ3v) is 3.91. The Kier molecular flexibility index (Phi) is 5.23. The van der Waals surface area contributed by atoms with E-state index in [1.165, 1.54) is 19.3 Å². The molecular weight excluding hydrogens is 260 g/mol. The van der Waals surface area contributed by atoms with E-state index in [9.17, 15) is 4.79 Å². The second kappa shape index (κ2) is 6.92. The lowest BCUT2D eigenvalue weighted by atomic mass is 10.1. The van der Waals surface area contributed by atoms with Crippen LogP contribution in [-0.4, -0.2) is 30.4 Å². The summed E-state index contributed by atoms with van der Waals surface area (Å²) in [5.74, 6) is 0.0781. The summed E-state index contributed by atoms with van der Waals surface area (Å²) in [7, 11) is 0. The molecule has 1 fully saturated rings. The van der Waals surface area contributed by atoms with Crippen molar-refractivity contribution in [3.05, 3.63) is 34.9 Å². The normalized spacial score (nSPS) is 18.0. The first kappa shape index (κ1) is 14.4. The Morgan fingerprint density at radius 1 is 1.32 bits per heavy atom. The van der Waals surface area contributed by atoms with Crippen molar-refractivity contribution in [3.8, 4) is 0 Å². The van der Waals surface area contributed by atoms with Gasteiger partial charge in [-0.25, -0.2) is 0 Å². The molecule has 1 saturated heterocycles. The average molecular weight is 281 g/mol. The topological polar surface area (TPSA) is 32.3 Å². The monoisotopic (exact) mass is 280 g/mol. The molecule has 19 heavy (non-hydrogen) atoms. The minimum Gasteiger partial charge on any atom is -0.348 e. The van der Waals surface area contributed by atoms with Crippen LogP contribution in [0.1, 0.15) is 37.8 Å². The van der Waals surface area contributed by atoms with E-state index in [2.05, 4.69) is 10.2 Å². The summed E-state index contributed by atoms with van der Waals surface area (Å²) in [4.78, 5) is 14.2. The zero-order valence-electron chi connectivity index (χ0n) is 11.4. The van der Waals surface area contributed by atoms with E-state index < -0.39 is 0 Å². The third-order valence-electron chi connectivity index (χ3n) is 3.57. The Labute approximate surface area is 119 Å². The number of carbonyl (C=O) groups is 1. The molecule has 1 aromatic carbocycles. The molecule has 1 amide bonds. The molecular formula is C15H21ClN2O. The lowest BCUT2D eigenvalue weighted by Gasteiger charge is -2.26. The van der Waals surface area contributed by atoms with Crippen LogP contribution in [0.4, 0.5) is 0 Å². The number of amides is 1. The van der Waals surface area contributed by atoms with Gasteiger partial charge in [0.1, 0.15) is 0 Å². The highest BCUT2D eigenvalue weighted by Gasteiger charge is 2.16. The number of halogens is 1. The van der Waals surface area contributed by atoms with E-state index in [4.69, 9.17) is 11.6 Å². The predicted molar refractivity (Wildman–Crippen MR) is 78.3 cm³/mol. The molecule has 1 aliphatic rings. The van der Waals surface area contributed by atoms with Crippen molar-refractivity contribution in [2.24, 2.45) is 0 Å². The summed E-state index contributed by atoms with van der Waals surface area (Å²) in [6, 6.07) is 7.59. The number of likely N-dealkylation sites (tertiary alicyclic amines) is 1. The Hall–Kier alpha value is -1.06. The Bertz CT molecular complexity index is 430. The Balaban J connectivity index is 1.86. The summed E-state index contributed by atoms with van der Waals surface area (Å²) in [6.07, 6.45) is 3.69. The maximum Gasteiger partial charge on any atom is 0.234 e. The molecule has 0 aliphatic carbocycles. The minimum absolute atomic E-state index is 0.0500. The zero-order chi connectivity index (χ0) is 13.7. The highest BCUT2D eigenvalue weighted by atomic mass is 35.5. The number of nitrogens with zero attached hydrogens (tertiary/aromatic N) is 1. The van der Waals surface area contributed by atoms with Crippen molar-refractivity contribution in [2.45, 2.75) is 32.2 Å². The lowest BCUT2D eigenvalue weighted by Crippen LogP contribution is -2.40. The van der Waals surface area contributed by atoms with E-state index in [-0.39, 0.29) is 11.9 Å². The molecule has 1 heterocycles. The molecule has 1 N–H and O–H groups in total. The van der Waals surface area contributed by atoms with Gasteiger partial charge in [-0.15, -0.1) is 0 Å². The van der Waals surface area contributed by atoms with E-state index in [0.29, 0.717) is 11.6 Å². The van der Waals surface area contributed by atoms with Crippen LogP contribution < -0.4 is 5.32 Å². The molecule has 1 aliphatic heterocycles. The van der Waals surface area contributed by atoms with Crippen molar-refractivity contribution in [1.82, 2.24) is 10.2 Å². The third kappa shape index (κ3) is 4.22. The molecule has 0 spiro atoms. The molecule has 1 aromatic rings. The zero-order valence-corrected chi connectivity index (χ0v) is 12.1. The summed E-state index contributed by atoms with van der Waals surface area (Å²) in [6.45, 7) is 4.53. The van der Waals surface area contributed by atoms with E-state index in [0.717, 1.165) is 18.7 Å². The summed E-state index contributed by atoms with van der Waals surface area (Å²) in [5.41, 5.74) is 0.969. The summed E-state index contributed by atoms with van der Waals surface area (Å²) < 4.78 is 0. The molecule has 0 radical (unpaired) electrons. The first-order valence-electron chi connectivity index (χ1n) is 6.93. The van der Waals surface area contributed by atoms with Gasteiger partial charge in [0.2, 0.25) is 5.91 Å². The van der Waals surface area contributed by atoms with Crippen LogP contribution in [-0.2, 0) is 4.79 Å². The van der Waals surface area contributed by atoms with Crippen molar-refractivity contribution in [2.75, 3.05) is 19.6 Å². The maximum absolute atomic E-state index is 12.0. The van der Waals surface area contributed by atoms with Crippen LogP contribution in [0.25, 0.3) is 0 Å². The molecule has 2 rings (SSSR count). The van der Waals surface area contributed by atoms with E-state index in [1.807, 2.05) is 31.2 Å². The fraction of sp³-hybridized carbons (Fsp3) is 0.533. The lowest BCUT2D eigenvalue weighted by molar-refractivity contribution is -0.123. The van der Waals surface area contributed by atoms with Gasteiger partial charge in [-0.3, -0.25) is 9.69 Å². The average Bonchev–Trinajstić information content (AvgIpc) is 2.40. The van der Waals surface area contributed by atoms with Crippen LogP contribution in [0.5, 0.6) is 0 Å². The smallest absolute Gasteiger partial charge is 0.234 e. The maximum atomic E-state index is 12.0. The van der Waals surface area contributed by atoms with Gasteiger partial charge in [-0.2, -0.15) is 0 Å². The highest BCUT2D eigenvalue weighted by molar-refractivity contribution is 6.31. The van der Waals surface area contributed by atoms with E-state index >= 15 is 0 Å². The fourth-order valence-electron chi connectivity index (χ4n) is 2.51.